The van der Waals surface area contributed by atoms with Gasteiger partial charge in [0.2, 0.25) is 0 Å². The number of carbonyl (C=O) groups is 1. The molecule has 0 fully saturated rings. The Bertz CT molecular complexity index is 1470. The highest BCUT2D eigenvalue weighted by Crippen LogP contribution is 2.51. The number of para-hydroxylation sites is 1. The third-order valence-corrected chi connectivity index (χ3v) is 7.13. The number of aromatic hydroxyl groups is 1. The van der Waals surface area contributed by atoms with Gasteiger partial charge in [-0.2, -0.15) is 0 Å². The molecule has 0 aromatic heterocycles. The molecular weight excluding hydrogens is 462 g/mol. The first-order valence-electron chi connectivity index (χ1n) is 11.4. The van der Waals surface area contributed by atoms with E-state index in [9.17, 15) is 15.0 Å². The Balaban J connectivity index is 1.49. The molecule has 2 heterocycles. The van der Waals surface area contributed by atoms with Crippen LogP contribution in [0.4, 0.5) is 5.69 Å². The summed E-state index contributed by atoms with van der Waals surface area (Å²) in [5.74, 6) is -0.183. The lowest BCUT2D eigenvalue weighted by atomic mass is 9.85. The molecule has 0 saturated heterocycles. The molecular formula is C29H22ClNO4. The summed E-state index contributed by atoms with van der Waals surface area (Å²) in [4.78, 5) is 15.5. The lowest BCUT2D eigenvalue weighted by Crippen LogP contribution is -2.41. The van der Waals surface area contributed by atoms with Gasteiger partial charge in [0, 0.05) is 23.6 Å². The predicted octanol–water partition coefficient (Wildman–Crippen LogP) is 5.43. The van der Waals surface area contributed by atoms with Gasteiger partial charge in [-0.15, -0.1) is 0 Å². The first-order valence-corrected chi connectivity index (χ1v) is 11.8. The second-order valence-corrected chi connectivity index (χ2v) is 9.24. The van der Waals surface area contributed by atoms with Crippen LogP contribution in [0.15, 0.2) is 84.9 Å². The number of aliphatic hydroxyl groups is 1. The van der Waals surface area contributed by atoms with Crippen LogP contribution in [0.3, 0.4) is 0 Å². The topological polar surface area (TPSA) is 70.0 Å². The Morgan fingerprint density at radius 1 is 0.943 bits per heavy atom. The number of hydrogen-bond acceptors (Lipinski definition) is 4. The molecule has 1 amide bonds. The quantitative estimate of drug-likeness (QED) is 0.406. The van der Waals surface area contributed by atoms with E-state index in [0.29, 0.717) is 35.1 Å². The van der Waals surface area contributed by atoms with E-state index in [2.05, 4.69) is 0 Å². The van der Waals surface area contributed by atoms with Crippen molar-refractivity contribution in [3.05, 3.63) is 112 Å². The Morgan fingerprint density at radius 2 is 1.71 bits per heavy atom. The standard InChI is InChI=1S/C29H22ClNO4/c30-24-12-6-11-22-27(24)31(17-20-9-4-5-10-21(20)18-7-2-1-3-8-18)28(33)29(22,34)23-15-19-13-14-35-26(19)16-25(23)32/h1-12,15-16,32,34H,13-14,17H2. The summed E-state index contributed by atoms with van der Waals surface area (Å²) >= 11 is 6.61. The fourth-order valence-electron chi connectivity index (χ4n) is 5.14. The Kier molecular flexibility index (Phi) is 5.06. The second-order valence-electron chi connectivity index (χ2n) is 8.84. The molecule has 0 radical (unpaired) electrons. The summed E-state index contributed by atoms with van der Waals surface area (Å²) in [5.41, 5.74) is 2.62. The molecule has 35 heavy (non-hydrogen) atoms. The van der Waals surface area contributed by atoms with Crippen LogP contribution in [0.5, 0.6) is 11.5 Å². The number of carbonyl (C=O) groups excluding carboxylic acids is 1. The number of nitrogens with zero attached hydrogens (tertiary/aromatic N) is 1. The van der Waals surface area contributed by atoms with Crippen molar-refractivity contribution in [2.45, 2.75) is 18.6 Å². The summed E-state index contributed by atoms with van der Waals surface area (Å²) in [5, 5.41) is 23.2. The number of phenols is 1. The predicted molar refractivity (Wildman–Crippen MR) is 135 cm³/mol. The van der Waals surface area contributed by atoms with Crippen molar-refractivity contribution >= 4 is 23.2 Å². The van der Waals surface area contributed by atoms with E-state index in [4.69, 9.17) is 16.3 Å². The number of benzene rings is 4. The van der Waals surface area contributed by atoms with Crippen molar-refractivity contribution in [2.75, 3.05) is 11.5 Å². The first kappa shape index (κ1) is 21.7. The number of hydrogen-bond donors (Lipinski definition) is 2. The Labute approximate surface area is 207 Å². The van der Waals surface area contributed by atoms with Gasteiger partial charge in [-0.05, 0) is 34.4 Å². The van der Waals surface area contributed by atoms with Gasteiger partial charge < -0.3 is 19.8 Å². The number of anilines is 1. The third kappa shape index (κ3) is 3.31. The van der Waals surface area contributed by atoms with Crippen molar-refractivity contribution in [2.24, 2.45) is 0 Å². The van der Waals surface area contributed by atoms with Crippen molar-refractivity contribution < 1.29 is 19.7 Å². The van der Waals surface area contributed by atoms with Crippen LogP contribution in [0.1, 0.15) is 22.3 Å². The lowest BCUT2D eigenvalue weighted by molar-refractivity contribution is -0.132. The largest absolute Gasteiger partial charge is 0.507 e. The maximum Gasteiger partial charge on any atom is 0.268 e. The van der Waals surface area contributed by atoms with E-state index in [1.165, 1.54) is 11.0 Å². The van der Waals surface area contributed by atoms with Crippen molar-refractivity contribution in [1.29, 1.82) is 0 Å². The van der Waals surface area contributed by atoms with Crippen LogP contribution in [-0.2, 0) is 23.4 Å². The summed E-state index contributed by atoms with van der Waals surface area (Å²) in [6.45, 7) is 0.702. The molecule has 0 saturated carbocycles. The lowest BCUT2D eigenvalue weighted by Gasteiger charge is -2.25. The molecule has 1 atom stereocenters. The van der Waals surface area contributed by atoms with Crippen molar-refractivity contribution in [1.82, 2.24) is 0 Å². The molecule has 0 bridgehead atoms. The summed E-state index contributed by atoms with van der Waals surface area (Å²) < 4.78 is 5.54. The number of amides is 1. The van der Waals surface area contributed by atoms with Crippen LogP contribution in [0.2, 0.25) is 5.02 Å². The first-order chi connectivity index (χ1) is 17.0. The number of ether oxygens (including phenoxy) is 1. The third-order valence-electron chi connectivity index (χ3n) is 6.83. The number of rotatable bonds is 4. The van der Waals surface area contributed by atoms with E-state index < -0.39 is 11.5 Å². The Hall–Kier alpha value is -3.80. The van der Waals surface area contributed by atoms with Gasteiger partial charge in [-0.25, -0.2) is 0 Å². The fourth-order valence-corrected chi connectivity index (χ4v) is 5.41. The van der Waals surface area contributed by atoms with Crippen molar-refractivity contribution in [3.8, 4) is 22.6 Å². The summed E-state index contributed by atoms with van der Waals surface area (Å²) in [6, 6.07) is 26.0. The SMILES string of the molecule is O=C1N(Cc2ccccc2-c2ccccc2)c2c(Cl)cccc2C1(O)c1cc2c(cc1O)OCC2. The van der Waals surface area contributed by atoms with Crippen LogP contribution >= 0.6 is 11.6 Å². The molecule has 0 spiro atoms. The van der Waals surface area contributed by atoms with Crippen LogP contribution in [-0.4, -0.2) is 22.7 Å². The van der Waals surface area contributed by atoms with E-state index in [1.54, 1.807) is 24.3 Å². The number of phenolic OH excluding ortho intramolecular Hbond substituents is 1. The fraction of sp³-hybridized carbons (Fsp3) is 0.138. The number of halogens is 1. The minimum atomic E-state index is -2.08. The zero-order chi connectivity index (χ0) is 24.2. The van der Waals surface area contributed by atoms with E-state index >= 15 is 0 Å². The zero-order valence-electron chi connectivity index (χ0n) is 18.7. The van der Waals surface area contributed by atoms with E-state index in [0.717, 1.165) is 22.3 Å². The zero-order valence-corrected chi connectivity index (χ0v) is 19.5. The van der Waals surface area contributed by atoms with Gasteiger partial charge in [-0.3, -0.25) is 4.79 Å². The molecule has 4 aromatic rings. The normalized spacial score (nSPS) is 18.3. The monoisotopic (exact) mass is 483 g/mol. The average Bonchev–Trinajstić information content (AvgIpc) is 3.42. The van der Waals surface area contributed by atoms with E-state index in [1.807, 2.05) is 54.6 Å². The highest BCUT2D eigenvalue weighted by Gasteiger charge is 2.53. The molecule has 0 aliphatic carbocycles. The molecule has 6 heteroatoms. The van der Waals surface area contributed by atoms with Crippen LogP contribution in [0.25, 0.3) is 11.1 Å². The van der Waals surface area contributed by atoms with E-state index in [-0.39, 0.29) is 17.9 Å². The highest BCUT2D eigenvalue weighted by atomic mass is 35.5. The van der Waals surface area contributed by atoms with Crippen LogP contribution < -0.4 is 9.64 Å². The number of fused-ring (bicyclic) bond motifs is 2. The molecule has 4 aromatic carbocycles. The van der Waals surface area contributed by atoms with Gasteiger partial charge in [-0.1, -0.05) is 78.3 Å². The molecule has 174 valence electrons. The molecule has 2 aliphatic rings. The molecule has 2 N–H and O–H groups in total. The molecule has 5 nitrogen and oxygen atoms in total. The van der Waals surface area contributed by atoms with Crippen LogP contribution in [0, 0.1) is 0 Å². The van der Waals surface area contributed by atoms with Gasteiger partial charge in [0.15, 0.2) is 5.60 Å². The molecule has 1 unspecified atom stereocenters. The summed E-state index contributed by atoms with van der Waals surface area (Å²) in [7, 11) is 0. The van der Waals surface area contributed by atoms with Gasteiger partial charge in [0.05, 0.1) is 23.9 Å². The average molecular weight is 484 g/mol. The highest BCUT2D eigenvalue weighted by molar-refractivity contribution is 6.35. The smallest absolute Gasteiger partial charge is 0.268 e. The van der Waals surface area contributed by atoms with Gasteiger partial charge >= 0.3 is 0 Å². The maximum atomic E-state index is 14.0. The second kappa shape index (κ2) is 8.15. The van der Waals surface area contributed by atoms with Gasteiger partial charge in [0.25, 0.3) is 5.91 Å². The minimum absolute atomic E-state index is 0.133. The molecule has 2 aliphatic heterocycles. The Morgan fingerprint density at radius 3 is 2.54 bits per heavy atom. The molecule has 6 rings (SSSR count). The maximum absolute atomic E-state index is 14.0. The van der Waals surface area contributed by atoms with Crippen molar-refractivity contribution in [3.63, 3.8) is 0 Å². The minimum Gasteiger partial charge on any atom is -0.507 e. The van der Waals surface area contributed by atoms with Gasteiger partial charge in [0.1, 0.15) is 11.5 Å². The summed E-state index contributed by atoms with van der Waals surface area (Å²) in [6.07, 6.45) is 0.642.